The molecule has 1 aliphatic carbocycles. The van der Waals surface area contributed by atoms with Gasteiger partial charge in [0.05, 0.1) is 38.5 Å². The third-order valence-electron chi connectivity index (χ3n) is 24.2. The number of unbranched alkanes of at least 4 members (excludes halogenated alkanes) is 16. The number of aryl methyl sites for hydroxylation is 1. The predicted octanol–water partition coefficient (Wildman–Crippen LogP) is 20.0. The molecule has 0 bridgehead atoms. The Bertz CT molecular complexity index is 5360. The van der Waals surface area contributed by atoms with E-state index in [2.05, 4.69) is 87.3 Å². The third-order valence-corrected chi connectivity index (χ3v) is 44.7. The first kappa shape index (κ1) is 123. The lowest BCUT2D eigenvalue weighted by Gasteiger charge is -2.21. The van der Waals surface area contributed by atoms with E-state index >= 15 is 0 Å². The molecule has 6 aliphatic rings. The number of Topliss-reactive ketones (excluding diaryl/α,β-unsaturated/α-hetero) is 4. The van der Waals surface area contributed by atoms with Gasteiger partial charge in [0.25, 0.3) is 20.0 Å². The number of carbonyl (C=O) groups is 4. The van der Waals surface area contributed by atoms with Crippen molar-refractivity contribution in [2.45, 2.75) is 262 Å². The van der Waals surface area contributed by atoms with Crippen LogP contribution in [0.5, 0.6) is 5.75 Å². The van der Waals surface area contributed by atoms with Crippen molar-refractivity contribution in [3.05, 3.63) is 233 Å². The molecule has 7 aromatic carbocycles. The Kier molecular flexibility index (Phi) is 58.9. The lowest BCUT2D eigenvalue weighted by molar-refractivity contribution is 0.101. The molecule has 0 spiro atoms. The molecule has 34 heteroatoms. The Morgan fingerprint density at radius 3 is 0.986 bits per heavy atom. The molecule has 0 unspecified atom stereocenters. The molecule has 5 aliphatic heterocycles. The summed E-state index contributed by atoms with van der Waals surface area (Å²) in [5, 5.41) is 9.11. The van der Waals surface area contributed by atoms with Gasteiger partial charge in [0, 0.05) is 46.2 Å². The van der Waals surface area contributed by atoms with Crippen LogP contribution < -0.4 is 23.8 Å². The Morgan fingerprint density at radius 1 is 0.362 bits per heavy atom. The summed E-state index contributed by atoms with van der Waals surface area (Å²) in [4.78, 5) is 53.8. The number of nitrogen functional groups attached to an aromatic ring is 2. The van der Waals surface area contributed by atoms with E-state index in [9.17, 15) is 69.7 Å². The highest BCUT2D eigenvalue weighted by Gasteiger charge is 2.33. The first-order valence-corrected chi connectivity index (χ1v) is 67.0. The van der Waals surface area contributed by atoms with Crippen molar-refractivity contribution in [2.24, 2.45) is 4.99 Å². The Hall–Kier alpha value is -7.03. The van der Waals surface area contributed by atoms with Crippen LogP contribution in [0.4, 0.5) is 11.4 Å². The number of aliphatic imine (C=N–C) groups is 1. The predicted molar refractivity (Wildman–Crippen MR) is 595 cm³/mol. The molecule has 5 heterocycles. The number of benzene rings is 7. The summed E-state index contributed by atoms with van der Waals surface area (Å²) in [6.07, 6.45) is 40.3. The van der Waals surface area contributed by atoms with Crippen LogP contribution in [-0.2, 0) is 104 Å². The largest absolute Gasteiger partial charge is 0.508 e. The van der Waals surface area contributed by atoms with E-state index < -0.39 is 60.1 Å². The topological polar surface area (TPSA) is 397 Å². The molecule has 0 radical (unpaired) electrons. The number of sulfonamides is 6. The van der Waals surface area contributed by atoms with Crippen LogP contribution in [-0.4, -0.2) is 202 Å². The van der Waals surface area contributed by atoms with Gasteiger partial charge in [-0.15, -0.1) is 12.4 Å². The van der Waals surface area contributed by atoms with Gasteiger partial charge in [-0.2, -0.15) is 0 Å². The average molecular weight is 2140 g/mol. The smallest absolute Gasteiger partial charge is 0.253 e. The van der Waals surface area contributed by atoms with Gasteiger partial charge < -0.3 is 21.5 Å². The zero-order valence-corrected chi connectivity index (χ0v) is 92.4. The SMILES string of the molecule is CCCCCCCCS(=O)(=O)NS(=O)(=O)CCCCN(C)C.CCCCCCCCS(=O)(=O)NS(=O)(=O)c1ccc(N)cc1.CCCCCCCCS(=O)(=O)NS(=O)(=O)c1ccc(N)cc1.Cc1ccc(C2=NC=CC2)cc1.O=C(C[S+]1CCCC1)c1ccc(C2CCCCC2)cc1.O=C(C[S+]1CCCC1)c1ccc(O)cc1.O=C(C[S+]1CCCC1)c1ccccc1.O=C(C[S+]1CCCC1)c1ccccc1. The minimum atomic E-state index is -4.08. The molecule has 0 amide bonds. The number of rotatable bonds is 48. The highest BCUT2D eigenvalue weighted by molar-refractivity contribution is 8.05. The van der Waals surface area contributed by atoms with Crippen LogP contribution in [0, 0.1) is 6.92 Å². The van der Waals surface area contributed by atoms with E-state index in [1.807, 2.05) is 90.0 Å². The van der Waals surface area contributed by atoms with Gasteiger partial charge >= 0.3 is 0 Å². The van der Waals surface area contributed by atoms with Crippen LogP contribution >= 0.6 is 0 Å². The molecule has 4 saturated heterocycles. The van der Waals surface area contributed by atoms with Gasteiger partial charge in [-0.3, -0.25) is 24.2 Å². The fraction of sp³-hybridized carbons (Fsp3) is 0.542. The highest BCUT2D eigenvalue weighted by atomic mass is 32.3. The molecule has 13 rings (SSSR count). The summed E-state index contributed by atoms with van der Waals surface area (Å²) in [6, 6.07) is 53.7. The molecule has 5 fully saturated rings. The average Bonchev–Trinajstić information content (AvgIpc) is 1.24. The zero-order chi connectivity index (χ0) is 103. The molecule has 7 aromatic rings. The van der Waals surface area contributed by atoms with Crippen molar-refractivity contribution in [2.75, 3.05) is 124 Å². The fourth-order valence-corrected chi connectivity index (χ4v) is 34.8. The lowest BCUT2D eigenvalue weighted by atomic mass is 9.84. The minimum absolute atomic E-state index is 0.115. The minimum Gasteiger partial charge on any atom is -0.508 e. The van der Waals surface area contributed by atoms with Crippen molar-refractivity contribution < 1.29 is 74.8 Å². The van der Waals surface area contributed by atoms with Crippen LogP contribution in [0.1, 0.15) is 303 Å². The number of nitrogens with one attached hydrogen (secondary N) is 3. The maximum atomic E-state index is 12.3. The first-order chi connectivity index (χ1) is 67.4. The van der Waals surface area contributed by atoms with E-state index in [4.69, 9.17) is 16.6 Å². The second-order valence-corrected chi connectivity index (χ2v) is 57.8. The molecule has 0 atom stereocenters. The van der Waals surface area contributed by atoms with E-state index in [0.717, 1.165) is 161 Å². The van der Waals surface area contributed by atoms with E-state index in [1.165, 1.54) is 200 Å². The maximum Gasteiger partial charge on any atom is 0.253 e. The van der Waals surface area contributed by atoms with Crippen molar-refractivity contribution in [3.8, 4) is 5.75 Å². The summed E-state index contributed by atoms with van der Waals surface area (Å²) in [5.74, 6) is 14.8. The number of anilines is 2. The van der Waals surface area contributed by atoms with Gasteiger partial charge in [0.1, 0.15) is 51.8 Å². The lowest BCUT2D eigenvalue weighted by Crippen LogP contribution is -2.34. The second kappa shape index (κ2) is 67.7. The quantitative estimate of drug-likeness (QED) is 0.00893. The number of phenolic OH excluding ortho intramolecular Hbond substituents is 1. The number of hydrogen-bond acceptors (Lipinski definition) is 21. The highest BCUT2D eigenvalue weighted by Crippen LogP contribution is 2.33. The standard InChI is InChI=1S/C18H25OS.2C14H24N2O4S2.C14H32N2O4S2.C12H14O2S.2C12H15OS.C11H11N/c19-18(14-20-12-4-5-13-20)17-10-8-16(9-11-17)15-6-2-1-3-7-15;2*1-2-3-4-5-6-7-12-21(17,18)16-22(19,20)14-10-8-13(15)9-11-14;1-4-5-6-7-8-10-13-21(17,18)15-22(19,20)14-11-9-12-16(2)3;13-11-5-3-10(4-6-11)12(14)9-15-7-1-2-8-15;2*13-12(10-14-8-4-5-9-14)11-6-2-1-3-7-11;1-9-4-6-10(7-5-9)11-3-2-8-12-11/h8-11,15H,1-7,12-14H2;2*8-11,16H,2-7,12,15H2,1H3;15H,4-14H2,1-3H3;3-6H,1-2,7-9H2;2*1-3,6-7H,4-5,8-10H2;2,4-8H,3H2,1H3/q+1;;;;;2*+1;/p+1. The summed E-state index contributed by atoms with van der Waals surface area (Å²) in [5.41, 5.74) is 20.4. The van der Waals surface area contributed by atoms with Crippen LogP contribution in [0.15, 0.2) is 209 Å². The molecular weight excluding hydrogens is 1980 g/mol. The Balaban J connectivity index is 0.000000249. The number of allylic oxidation sites excluding steroid dienone is 1. The number of nitrogens with two attached hydrogens (primary N) is 2. The summed E-state index contributed by atoms with van der Waals surface area (Å²) in [7, 11) is -18.0. The zero-order valence-electron chi connectivity index (χ0n) is 84.2. The number of carbonyl (C=O) groups excluding carboxylic acids is 4. The van der Waals surface area contributed by atoms with Gasteiger partial charge in [-0.05, 0) is 257 Å². The van der Waals surface area contributed by atoms with Crippen molar-refractivity contribution in [3.63, 3.8) is 0 Å². The van der Waals surface area contributed by atoms with Gasteiger partial charge in [0.2, 0.25) is 63.2 Å². The van der Waals surface area contributed by atoms with Gasteiger partial charge in [-0.25, -0.2) is 50.5 Å². The van der Waals surface area contributed by atoms with E-state index in [-0.39, 0.29) is 44.3 Å². The Labute approximate surface area is 858 Å². The van der Waals surface area contributed by atoms with Gasteiger partial charge in [-0.1, -0.05) is 257 Å². The van der Waals surface area contributed by atoms with Crippen LogP contribution in [0.2, 0.25) is 0 Å². The number of phenols is 1. The van der Waals surface area contributed by atoms with Crippen LogP contribution in [0.25, 0.3) is 0 Å². The normalized spacial score (nSPS) is 15.4. The summed E-state index contributed by atoms with van der Waals surface area (Å²) in [6.45, 7) is 9.23. The number of aromatic hydroxyl groups is 1. The van der Waals surface area contributed by atoms with Crippen molar-refractivity contribution >= 4 is 144 Å². The third kappa shape index (κ3) is 53.2. The number of ketones is 4. The molecule has 24 nitrogen and oxygen atoms in total. The maximum absolute atomic E-state index is 12.3. The van der Waals surface area contributed by atoms with Crippen molar-refractivity contribution in [1.29, 1.82) is 0 Å². The molecular formula is C107H161N7O17S10+4. The van der Waals surface area contributed by atoms with Gasteiger partial charge in [0.15, 0.2) is 23.0 Å². The molecule has 782 valence electrons. The fourth-order valence-electron chi connectivity index (χ4n) is 16.1. The molecule has 141 heavy (non-hydrogen) atoms. The molecule has 8 N–H and O–H groups in total. The Morgan fingerprint density at radius 2 is 0.667 bits per heavy atom. The number of nitrogens with zero attached hydrogens (tertiary/aromatic N) is 2. The molecule has 0 aromatic heterocycles. The van der Waals surface area contributed by atoms with Crippen molar-refractivity contribution in [1.82, 2.24) is 17.3 Å². The van der Waals surface area contributed by atoms with Crippen LogP contribution in [0.3, 0.4) is 0 Å². The monoisotopic (exact) mass is 2140 g/mol. The number of hydrogen-bond donors (Lipinski definition) is 6. The summed E-state index contributed by atoms with van der Waals surface area (Å²) >= 11 is 0. The first-order valence-electron chi connectivity index (χ1n) is 50.5. The summed E-state index contributed by atoms with van der Waals surface area (Å²) < 4.78 is 148. The van der Waals surface area contributed by atoms with E-state index in [0.29, 0.717) is 104 Å². The molecule has 1 saturated carbocycles. The van der Waals surface area contributed by atoms with E-state index in [1.54, 1.807) is 32.5 Å². The second-order valence-electron chi connectivity index (χ2n) is 36.9.